The molecule has 6 heteroatoms. The van der Waals surface area contributed by atoms with E-state index < -0.39 is 17.7 Å². The molecule has 1 saturated carbocycles. The zero-order valence-corrected chi connectivity index (χ0v) is 10.0. The summed E-state index contributed by atoms with van der Waals surface area (Å²) in [5.74, 6) is -1.37. The highest BCUT2D eigenvalue weighted by atomic mass is 19.4. The first-order valence-corrected chi connectivity index (χ1v) is 5.93. The largest absolute Gasteiger partial charge is 0.573 e. The van der Waals surface area contributed by atoms with E-state index in [2.05, 4.69) is 4.74 Å². The number of alkyl halides is 3. The van der Waals surface area contributed by atoms with Gasteiger partial charge < -0.3 is 9.84 Å². The maximum atomic E-state index is 12.2. The number of aliphatic carboxylic acids is 1. The summed E-state index contributed by atoms with van der Waals surface area (Å²) in [4.78, 5) is 11.5. The van der Waals surface area contributed by atoms with Gasteiger partial charge in [-0.05, 0) is 30.5 Å². The van der Waals surface area contributed by atoms with Crippen LogP contribution in [-0.2, 0) is 10.2 Å². The van der Waals surface area contributed by atoms with Crippen molar-refractivity contribution in [3.63, 3.8) is 0 Å². The number of halogens is 3. The minimum atomic E-state index is -4.77. The summed E-state index contributed by atoms with van der Waals surface area (Å²) in [6.07, 6.45) is -2.37. The van der Waals surface area contributed by atoms with Gasteiger partial charge in [-0.1, -0.05) is 25.0 Å². The third kappa shape index (κ3) is 2.83. The van der Waals surface area contributed by atoms with E-state index in [9.17, 15) is 23.1 Å². The zero-order chi connectivity index (χ0) is 14.1. The number of hydrogen-bond donors (Lipinski definition) is 1. The lowest BCUT2D eigenvalue weighted by atomic mass is 9.79. The van der Waals surface area contributed by atoms with Crippen LogP contribution in [0.2, 0.25) is 0 Å². The topological polar surface area (TPSA) is 46.5 Å². The Labute approximate surface area is 108 Å². The second-order valence-corrected chi connectivity index (χ2v) is 4.67. The van der Waals surface area contributed by atoms with Crippen LogP contribution in [0.1, 0.15) is 31.2 Å². The molecule has 0 atom stereocenters. The molecule has 1 aromatic rings. The van der Waals surface area contributed by atoms with Gasteiger partial charge in [-0.15, -0.1) is 13.2 Å². The third-order valence-electron chi connectivity index (χ3n) is 3.49. The fraction of sp³-hybridized carbons (Fsp3) is 0.462. The molecule has 0 amide bonds. The molecule has 1 aliphatic rings. The lowest BCUT2D eigenvalue weighted by Crippen LogP contribution is -2.32. The van der Waals surface area contributed by atoms with Gasteiger partial charge in [0.1, 0.15) is 5.75 Å². The van der Waals surface area contributed by atoms with Gasteiger partial charge in [0.2, 0.25) is 0 Å². The normalized spacial score (nSPS) is 18.3. The molecule has 1 aromatic carbocycles. The van der Waals surface area contributed by atoms with Crippen molar-refractivity contribution >= 4 is 5.97 Å². The van der Waals surface area contributed by atoms with Crippen LogP contribution in [-0.4, -0.2) is 17.4 Å². The SMILES string of the molecule is O=C(O)C1(c2cccc(OC(F)(F)F)c2)CCCC1. The Morgan fingerprint density at radius 3 is 2.42 bits per heavy atom. The number of rotatable bonds is 3. The Morgan fingerprint density at radius 2 is 1.89 bits per heavy atom. The van der Waals surface area contributed by atoms with Gasteiger partial charge >= 0.3 is 12.3 Å². The fourth-order valence-corrected chi connectivity index (χ4v) is 2.60. The molecule has 1 N–H and O–H groups in total. The van der Waals surface area contributed by atoms with E-state index in [4.69, 9.17) is 0 Å². The highest BCUT2D eigenvalue weighted by Gasteiger charge is 2.43. The van der Waals surface area contributed by atoms with Crippen molar-refractivity contribution in [2.24, 2.45) is 0 Å². The Balaban J connectivity index is 2.34. The zero-order valence-electron chi connectivity index (χ0n) is 10.0. The molecule has 0 radical (unpaired) electrons. The average Bonchev–Trinajstić information content (AvgIpc) is 2.77. The van der Waals surface area contributed by atoms with E-state index in [0.717, 1.165) is 12.8 Å². The Bertz CT molecular complexity index is 476. The van der Waals surface area contributed by atoms with E-state index in [1.165, 1.54) is 18.2 Å². The molecule has 0 bridgehead atoms. The van der Waals surface area contributed by atoms with Gasteiger partial charge in [0, 0.05) is 0 Å². The first-order valence-electron chi connectivity index (χ1n) is 5.93. The van der Waals surface area contributed by atoms with Crippen molar-refractivity contribution in [2.45, 2.75) is 37.5 Å². The molecule has 0 unspecified atom stereocenters. The van der Waals surface area contributed by atoms with E-state index >= 15 is 0 Å². The molecule has 2 rings (SSSR count). The Morgan fingerprint density at radius 1 is 1.26 bits per heavy atom. The van der Waals surface area contributed by atoms with E-state index in [1.807, 2.05) is 0 Å². The van der Waals surface area contributed by atoms with Crippen molar-refractivity contribution in [3.05, 3.63) is 29.8 Å². The van der Waals surface area contributed by atoms with Gasteiger partial charge in [-0.3, -0.25) is 4.79 Å². The molecule has 1 aliphatic carbocycles. The van der Waals surface area contributed by atoms with Crippen molar-refractivity contribution < 1.29 is 27.8 Å². The fourth-order valence-electron chi connectivity index (χ4n) is 2.60. The van der Waals surface area contributed by atoms with E-state index in [1.54, 1.807) is 6.07 Å². The van der Waals surface area contributed by atoms with Crippen molar-refractivity contribution in [1.82, 2.24) is 0 Å². The minimum absolute atomic E-state index is 0.374. The molecule has 0 spiro atoms. The number of carbonyl (C=O) groups is 1. The maximum absolute atomic E-state index is 12.2. The highest BCUT2D eigenvalue weighted by molar-refractivity contribution is 5.82. The van der Waals surface area contributed by atoms with Crippen LogP contribution in [0, 0.1) is 0 Å². The highest BCUT2D eigenvalue weighted by Crippen LogP contribution is 2.42. The van der Waals surface area contributed by atoms with Crippen LogP contribution in [0.3, 0.4) is 0 Å². The summed E-state index contributed by atoms with van der Waals surface area (Å²) in [6, 6.07) is 5.27. The number of benzene rings is 1. The molecule has 0 aromatic heterocycles. The Kier molecular flexibility index (Phi) is 3.43. The van der Waals surface area contributed by atoms with Crippen molar-refractivity contribution in [2.75, 3.05) is 0 Å². The second-order valence-electron chi connectivity index (χ2n) is 4.67. The van der Waals surface area contributed by atoms with Crippen LogP contribution in [0.4, 0.5) is 13.2 Å². The summed E-state index contributed by atoms with van der Waals surface area (Å²) >= 11 is 0. The summed E-state index contributed by atoms with van der Waals surface area (Å²) in [7, 11) is 0. The number of hydrogen-bond acceptors (Lipinski definition) is 2. The third-order valence-corrected chi connectivity index (χ3v) is 3.49. The molecule has 0 heterocycles. The predicted molar refractivity (Wildman–Crippen MR) is 60.9 cm³/mol. The van der Waals surface area contributed by atoms with E-state index in [-0.39, 0.29) is 5.75 Å². The van der Waals surface area contributed by atoms with Crippen LogP contribution in [0.15, 0.2) is 24.3 Å². The summed E-state index contributed by atoms with van der Waals surface area (Å²) in [5.41, 5.74) is -0.704. The smallest absolute Gasteiger partial charge is 0.481 e. The van der Waals surface area contributed by atoms with Gasteiger partial charge in [0.25, 0.3) is 0 Å². The predicted octanol–water partition coefficient (Wildman–Crippen LogP) is 3.48. The number of carboxylic acids is 1. The molecule has 1 fully saturated rings. The monoisotopic (exact) mass is 274 g/mol. The lowest BCUT2D eigenvalue weighted by Gasteiger charge is -2.24. The van der Waals surface area contributed by atoms with Crippen LogP contribution >= 0.6 is 0 Å². The lowest BCUT2D eigenvalue weighted by molar-refractivity contribution is -0.274. The van der Waals surface area contributed by atoms with Crippen molar-refractivity contribution in [3.8, 4) is 5.75 Å². The average molecular weight is 274 g/mol. The molecule has 3 nitrogen and oxygen atoms in total. The minimum Gasteiger partial charge on any atom is -0.481 e. The van der Waals surface area contributed by atoms with Crippen LogP contribution < -0.4 is 4.74 Å². The molecule has 0 saturated heterocycles. The van der Waals surface area contributed by atoms with Gasteiger partial charge in [0.15, 0.2) is 0 Å². The quantitative estimate of drug-likeness (QED) is 0.917. The first-order chi connectivity index (χ1) is 8.83. The molecular weight excluding hydrogens is 261 g/mol. The number of carboxylic acid groups (broad SMARTS) is 1. The van der Waals surface area contributed by atoms with Gasteiger partial charge in [-0.2, -0.15) is 0 Å². The van der Waals surface area contributed by atoms with Crippen LogP contribution in [0.25, 0.3) is 0 Å². The van der Waals surface area contributed by atoms with Gasteiger partial charge in [0.05, 0.1) is 5.41 Å². The first kappa shape index (κ1) is 13.7. The van der Waals surface area contributed by atoms with Crippen molar-refractivity contribution in [1.29, 1.82) is 0 Å². The van der Waals surface area contributed by atoms with Crippen LogP contribution in [0.5, 0.6) is 5.75 Å². The maximum Gasteiger partial charge on any atom is 0.573 e. The molecule has 0 aliphatic heterocycles. The second kappa shape index (κ2) is 4.75. The summed E-state index contributed by atoms with van der Waals surface area (Å²) in [6.45, 7) is 0. The van der Waals surface area contributed by atoms with E-state index in [0.29, 0.717) is 18.4 Å². The summed E-state index contributed by atoms with van der Waals surface area (Å²) < 4.78 is 40.3. The Hall–Kier alpha value is -1.72. The standard InChI is InChI=1S/C13H13F3O3/c14-13(15,16)19-10-5-3-4-9(8-10)12(11(17)18)6-1-2-7-12/h3-5,8H,1-2,6-7H2,(H,17,18). The summed E-state index contributed by atoms with van der Waals surface area (Å²) in [5, 5.41) is 9.38. The molecule has 104 valence electrons. The number of ether oxygens (including phenoxy) is 1. The van der Waals surface area contributed by atoms with Gasteiger partial charge in [-0.25, -0.2) is 0 Å². The molecule has 19 heavy (non-hydrogen) atoms. The molecular formula is C13H13F3O3.